The lowest BCUT2D eigenvalue weighted by Gasteiger charge is -2.29. The first kappa shape index (κ1) is 86.2. The van der Waals surface area contributed by atoms with Gasteiger partial charge in [0.25, 0.3) is 23.6 Å². The number of hydrogen-bond acceptors (Lipinski definition) is 9. The summed E-state index contributed by atoms with van der Waals surface area (Å²) in [6.45, 7) is 20.1. The molecule has 4 aliphatic rings. The minimum absolute atomic E-state index is 0.174. The van der Waals surface area contributed by atoms with Gasteiger partial charge < -0.3 is 41.7 Å². The van der Waals surface area contributed by atoms with Gasteiger partial charge in [0.15, 0.2) is 46.1 Å². The zero-order chi connectivity index (χ0) is 77.0. The summed E-state index contributed by atoms with van der Waals surface area (Å²) in [6, 6.07) is 18.9. The van der Waals surface area contributed by atoms with Crippen molar-refractivity contribution in [1.82, 2.24) is 19.6 Å². The van der Waals surface area contributed by atoms with E-state index in [1.807, 2.05) is 80.3 Å². The lowest BCUT2D eigenvalue weighted by Crippen LogP contribution is -2.34. The van der Waals surface area contributed by atoms with E-state index in [1.165, 1.54) is 141 Å². The van der Waals surface area contributed by atoms with Gasteiger partial charge in [0.1, 0.15) is 22.8 Å². The van der Waals surface area contributed by atoms with Gasteiger partial charge in [-0.3, -0.25) is 19.2 Å². The Bertz CT molecular complexity index is 3370. The first-order chi connectivity index (χ1) is 53.5. The van der Waals surface area contributed by atoms with Gasteiger partial charge in [-0.05, 0) is 136 Å². The molecule has 0 radical (unpaired) electrons. The van der Waals surface area contributed by atoms with Crippen molar-refractivity contribution in [3.63, 3.8) is 0 Å². The molecule has 0 spiro atoms. The van der Waals surface area contributed by atoms with Crippen LogP contribution in [0, 0.1) is 23.7 Å². The standard InChI is InChI=1S/C96H144N4O9/c1-9-17-25-33-37-45-55-73(51-41-29-21-13-5)69-97-89(81-59-49-67-105-81)85-87(95(97)103)91(99(93(85)101)71-75(53-43-31-23-15-7)57-47-39-35-27-19-11-3)83-65-63-79(108-83)77-61-62-78(107-77)80-64-66-84(109-80)92-88-86(94(102)100(92)72-76(54-44-32-24-16-8)58-48-40-36-28-20-12-4)90(82-60-50-68-106-82)98(96(88)104)70-74(52-42-30-22-14-6)56-46-38-34-26-18-10-2/h49-50,59-68,73-76H,9-48,51-58,69-72H2,1-8H3. The molecule has 9 heterocycles. The highest BCUT2D eigenvalue weighted by atomic mass is 16.4. The minimum Gasteiger partial charge on any atom is -0.463 e. The van der Waals surface area contributed by atoms with Crippen LogP contribution in [0.2, 0.25) is 0 Å². The highest BCUT2D eigenvalue weighted by Gasteiger charge is 2.53. The fourth-order valence-electron chi connectivity index (χ4n) is 17.8. The third-order valence-corrected chi connectivity index (χ3v) is 24.1. The number of amides is 4. The predicted molar refractivity (Wildman–Crippen MR) is 447 cm³/mol. The average molecular weight is 1500 g/mol. The maximum absolute atomic E-state index is 15.9. The second-order valence-corrected chi connectivity index (χ2v) is 33.1. The van der Waals surface area contributed by atoms with Crippen LogP contribution in [-0.2, 0) is 19.2 Å². The van der Waals surface area contributed by atoms with Gasteiger partial charge in [-0.15, -0.1) is 0 Å². The zero-order valence-corrected chi connectivity index (χ0v) is 69.5. The molecule has 0 bridgehead atoms. The molecule has 13 nitrogen and oxygen atoms in total. The van der Waals surface area contributed by atoms with Crippen molar-refractivity contribution < 1.29 is 41.3 Å². The Kier molecular flexibility index (Phi) is 37.6. The van der Waals surface area contributed by atoms with Gasteiger partial charge in [-0.1, -0.05) is 312 Å². The Morgan fingerprint density at radius 1 is 0.229 bits per heavy atom. The molecule has 4 atom stereocenters. The van der Waals surface area contributed by atoms with E-state index in [1.54, 1.807) is 12.5 Å². The Morgan fingerprint density at radius 2 is 0.413 bits per heavy atom. The van der Waals surface area contributed by atoms with Crippen molar-refractivity contribution >= 4 is 46.4 Å². The second-order valence-electron chi connectivity index (χ2n) is 33.1. The van der Waals surface area contributed by atoms with E-state index in [9.17, 15) is 0 Å². The van der Waals surface area contributed by atoms with Crippen LogP contribution in [0.25, 0.3) is 45.8 Å². The average Bonchev–Trinajstić information content (AvgIpc) is 1.56. The summed E-state index contributed by atoms with van der Waals surface area (Å²) in [5, 5.41) is 0. The molecule has 0 aliphatic carbocycles. The van der Waals surface area contributed by atoms with Crippen molar-refractivity contribution in [3.8, 4) is 23.0 Å². The topological polar surface area (TPSA) is 147 Å². The van der Waals surface area contributed by atoms with Gasteiger partial charge >= 0.3 is 0 Å². The zero-order valence-electron chi connectivity index (χ0n) is 69.5. The Hall–Kier alpha value is -6.76. The van der Waals surface area contributed by atoms with E-state index in [-0.39, 0.29) is 47.3 Å². The maximum Gasteiger partial charge on any atom is 0.261 e. The number of carbonyl (C=O) groups is 4. The molecule has 0 saturated heterocycles. The van der Waals surface area contributed by atoms with Gasteiger partial charge in [0, 0.05) is 26.2 Å². The number of hydrogen-bond donors (Lipinski definition) is 0. The molecule has 602 valence electrons. The number of rotatable bonds is 62. The van der Waals surface area contributed by atoms with E-state index >= 15 is 19.2 Å². The van der Waals surface area contributed by atoms with Gasteiger partial charge in [0.2, 0.25) is 0 Å². The van der Waals surface area contributed by atoms with E-state index in [4.69, 9.17) is 22.1 Å². The first-order valence-corrected chi connectivity index (χ1v) is 45.2. The predicted octanol–water partition coefficient (Wildman–Crippen LogP) is 27.9. The smallest absolute Gasteiger partial charge is 0.261 e. The number of carbonyl (C=O) groups excluding carboxylic acids is 4. The second kappa shape index (κ2) is 47.6. The van der Waals surface area contributed by atoms with E-state index in [0.29, 0.717) is 117 Å². The molecule has 4 unspecified atom stereocenters. The van der Waals surface area contributed by atoms with Crippen LogP contribution in [0.5, 0.6) is 0 Å². The Labute approximate surface area is 658 Å². The molecule has 109 heavy (non-hydrogen) atoms. The molecule has 4 amide bonds. The fourth-order valence-corrected chi connectivity index (χ4v) is 17.8. The molecular formula is C96H144N4O9. The van der Waals surface area contributed by atoms with Crippen LogP contribution in [0.4, 0.5) is 0 Å². The van der Waals surface area contributed by atoms with Crippen molar-refractivity contribution in [3.05, 3.63) is 119 Å². The quantitative estimate of drug-likeness (QED) is 0.0347. The number of nitrogens with zero attached hydrogens (tertiary/aromatic N) is 4. The van der Waals surface area contributed by atoms with Gasteiger partial charge in [-0.2, -0.15) is 0 Å². The van der Waals surface area contributed by atoms with Crippen LogP contribution < -0.4 is 0 Å². The van der Waals surface area contributed by atoms with Gasteiger partial charge in [0.05, 0.1) is 34.8 Å². The van der Waals surface area contributed by atoms with Crippen LogP contribution >= 0.6 is 0 Å². The van der Waals surface area contributed by atoms with Gasteiger partial charge in [-0.25, -0.2) is 0 Å². The number of fused-ring (bicyclic) bond motifs is 2. The lowest BCUT2D eigenvalue weighted by molar-refractivity contribution is -0.124. The fraction of sp³-hybridized carbons (Fsp3) is 0.667. The minimum atomic E-state index is -0.174. The molecule has 0 saturated carbocycles. The molecule has 13 heteroatoms. The summed E-state index contributed by atoms with van der Waals surface area (Å²) in [7, 11) is 0. The normalized spacial score (nSPS) is 15.9. The van der Waals surface area contributed by atoms with Crippen molar-refractivity contribution in [2.24, 2.45) is 23.7 Å². The molecule has 0 aromatic carbocycles. The highest BCUT2D eigenvalue weighted by Crippen LogP contribution is 2.51. The maximum atomic E-state index is 15.9. The number of unbranched alkanes of at least 4 members (excludes halogenated alkanes) is 32. The molecule has 0 fully saturated rings. The van der Waals surface area contributed by atoms with Crippen LogP contribution in [0.3, 0.4) is 0 Å². The van der Waals surface area contributed by atoms with Crippen molar-refractivity contribution in [2.75, 3.05) is 26.2 Å². The Morgan fingerprint density at radius 3 is 0.624 bits per heavy atom. The molecule has 5 aromatic rings. The third kappa shape index (κ3) is 24.4. The van der Waals surface area contributed by atoms with Crippen molar-refractivity contribution in [1.29, 1.82) is 0 Å². The van der Waals surface area contributed by atoms with Crippen LogP contribution in [0.1, 0.15) is 387 Å². The first-order valence-electron chi connectivity index (χ1n) is 45.2. The third-order valence-electron chi connectivity index (χ3n) is 24.1. The molecule has 4 aliphatic heterocycles. The highest BCUT2D eigenvalue weighted by molar-refractivity contribution is 6.31. The summed E-state index contributed by atoms with van der Waals surface area (Å²) in [4.78, 5) is 71.3. The summed E-state index contributed by atoms with van der Waals surface area (Å²) < 4.78 is 33.5. The summed E-state index contributed by atoms with van der Waals surface area (Å²) in [6.07, 6.45) is 58.6. The summed E-state index contributed by atoms with van der Waals surface area (Å²) >= 11 is 0. The summed E-state index contributed by atoms with van der Waals surface area (Å²) in [5.41, 5.74) is 3.79. The Balaban J connectivity index is 1.09. The summed E-state index contributed by atoms with van der Waals surface area (Å²) in [5.74, 6) is 3.99. The molecule has 5 aromatic heterocycles. The SMILES string of the molecule is CCCCCCCCC(CCCCCC)CN1C(=O)C2=C(c3ccc(-c4ccc(-c5ccc(C6=C7C(=O)N(CC(CCCCCC)CCCCCCCC)C(c8ccco8)=C7C(=O)N6CC(CCCCCC)CCCCCCCC)o5)o4)o3)N(CC(CCCCCC)CCCCCCCC)C(=O)C2=C1c1ccco1. The van der Waals surface area contributed by atoms with E-state index in [2.05, 4.69) is 55.4 Å². The molecular weight excluding hydrogens is 1350 g/mol. The lowest BCUT2D eigenvalue weighted by atomic mass is 9.93. The molecule has 9 rings (SSSR count). The van der Waals surface area contributed by atoms with Crippen LogP contribution in [0.15, 0.2) is 118 Å². The number of furan rings is 5. The monoisotopic (exact) mass is 1500 g/mol. The van der Waals surface area contributed by atoms with E-state index < -0.39 is 0 Å². The molecule has 0 N–H and O–H groups in total. The largest absolute Gasteiger partial charge is 0.463 e. The van der Waals surface area contributed by atoms with E-state index in [0.717, 1.165) is 167 Å². The van der Waals surface area contributed by atoms with Crippen molar-refractivity contribution in [2.45, 2.75) is 364 Å². The van der Waals surface area contributed by atoms with Crippen LogP contribution in [-0.4, -0.2) is 69.4 Å².